The van der Waals surface area contributed by atoms with Gasteiger partial charge in [0.15, 0.2) is 0 Å². The topological polar surface area (TPSA) is 40.2 Å². The molecule has 1 saturated heterocycles. The zero-order valence-electron chi connectivity index (χ0n) is 23.3. The van der Waals surface area contributed by atoms with Gasteiger partial charge in [-0.1, -0.05) is 0 Å². The van der Waals surface area contributed by atoms with Crippen LogP contribution in [0.3, 0.4) is 0 Å². The van der Waals surface area contributed by atoms with E-state index in [0.29, 0.717) is 6.61 Å². The smallest absolute Gasteiger partial charge is 0.113 e. The Morgan fingerprint density at radius 1 is 0.581 bits per heavy atom. The number of likely N-dealkylation sites (tertiary alicyclic amines) is 1. The molecule has 0 amide bonds. The van der Waals surface area contributed by atoms with Gasteiger partial charge in [-0.2, -0.15) is 0 Å². The molecule has 1 fully saturated rings. The third kappa shape index (κ3) is 10.5. The lowest BCUT2D eigenvalue weighted by molar-refractivity contribution is -0.269. The van der Waals surface area contributed by atoms with E-state index in [1.54, 1.807) is 0 Å². The van der Waals surface area contributed by atoms with E-state index in [2.05, 4.69) is 109 Å². The molecule has 186 valence electrons. The van der Waals surface area contributed by atoms with Crippen LogP contribution < -0.4 is 0 Å². The Balaban J connectivity index is 3.53. The van der Waals surface area contributed by atoms with Crippen molar-refractivity contribution in [2.45, 2.75) is 156 Å². The molecule has 0 saturated carbocycles. The van der Waals surface area contributed by atoms with Gasteiger partial charge in [0.05, 0.1) is 41.2 Å². The highest BCUT2D eigenvalue weighted by Gasteiger charge is 2.51. The molecule has 0 N–H and O–H groups in total. The van der Waals surface area contributed by atoms with Crippen molar-refractivity contribution in [2.24, 2.45) is 0 Å². The Kier molecular flexibility index (Phi) is 8.91. The van der Waals surface area contributed by atoms with Gasteiger partial charge < -0.3 is 18.9 Å². The maximum absolute atomic E-state index is 6.76. The van der Waals surface area contributed by atoms with E-state index in [1.165, 1.54) is 0 Å². The Morgan fingerprint density at radius 2 is 1.00 bits per heavy atom. The van der Waals surface area contributed by atoms with Crippen LogP contribution in [0.25, 0.3) is 0 Å². The summed E-state index contributed by atoms with van der Waals surface area (Å²) in [4.78, 5) is 2.49. The summed E-state index contributed by atoms with van der Waals surface area (Å²) in [5, 5.41) is 0. The Labute approximate surface area is 193 Å². The molecule has 31 heavy (non-hydrogen) atoms. The van der Waals surface area contributed by atoms with Gasteiger partial charge in [0, 0.05) is 12.1 Å². The Hall–Kier alpha value is -0.200. The molecule has 0 bridgehead atoms. The first-order valence-electron chi connectivity index (χ1n) is 11.9. The van der Waals surface area contributed by atoms with Gasteiger partial charge in [0.2, 0.25) is 0 Å². The first-order chi connectivity index (χ1) is 13.5. The zero-order valence-corrected chi connectivity index (χ0v) is 23.3. The quantitative estimate of drug-likeness (QED) is 0.534. The highest BCUT2D eigenvalue weighted by Crippen LogP contribution is 2.36. The lowest BCUT2D eigenvalue weighted by Crippen LogP contribution is -2.70. The van der Waals surface area contributed by atoms with Gasteiger partial charge in [-0.25, -0.2) is 0 Å². The van der Waals surface area contributed by atoms with Gasteiger partial charge in [-0.15, -0.1) is 0 Å². The average molecular weight is 444 g/mol. The van der Waals surface area contributed by atoms with Crippen molar-refractivity contribution in [2.75, 3.05) is 13.2 Å². The maximum Gasteiger partial charge on any atom is 0.113 e. The first kappa shape index (κ1) is 28.8. The van der Waals surface area contributed by atoms with Crippen LogP contribution in [0.4, 0.5) is 0 Å². The SMILES string of the molecule is CC(C)(C)OCC1C(OC(C)(C)C)C(OC(C)(C)C)C(OC(C)(C)C)CN1C(C)(C)C. The Morgan fingerprint density at radius 3 is 1.35 bits per heavy atom. The summed E-state index contributed by atoms with van der Waals surface area (Å²) in [6, 6.07) is 0.0469. The zero-order chi connectivity index (χ0) is 24.6. The van der Waals surface area contributed by atoms with Gasteiger partial charge in [0.1, 0.15) is 12.2 Å². The largest absolute Gasteiger partial charge is 0.374 e. The number of nitrogens with zero attached hydrogens (tertiary/aromatic N) is 1. The molecule has 1 rings (SSSR count). The van der Waals surface area contributed by atoms with E-state index < -0.39 is 0 Å². The Bertz CT molecular complexity index is 552. The fraction of sp³-hybridized carbons (Fsp3) is 1.00. The summed E-state index contributed by atoms with van der Waals surface area (Å²) < 4.78 is 26.4. The normalized spacial score (nSPS) is 27.6. The molecule has 5 heteroatoms. The third-order valence-electron chi connectivity index (χ3n) is 4.88. The predicted octanol–water partition coefficient (Wildman–Crippen LogP) is 5.84. The molecule has 1 aliphatic rings. The molecule has 1 aliphatic heterocycles. The maximum atomic E-state index is 6.76. The third-order valence-corrected chi connectivity index (χ3v) is 4.88. The molecular formula is C26H53NO4. The van der Waals surface area contributed by atoms with Crippen molar-refractivity contribution in [3.05, 3.63) is 0 Å². The van der Waals surface area contributed by atoms with Crippen molar-refractivity contribution in [3.8, 4) is 0 Å². The summed E-state index contributed by atoms with van der Waals surface area (Å²) in [6.45, 7) is 33.4. The highest BCUT2D eigenvalue weighted by atomic mass is 16.6. The fourth-order valence-electron chi connectivity index (χ4n) is 4.00. The number of hydrogen-bond donors (Lipinski definition) is 0. The molecule has 1 heterocycles. The van der Waals surface area contributed by atoms with Gasteiger partial charge in [-0.05, 0) is 104 Å². The van der Waals surface area contributed by atoms with E-state index in [9.17, 15) is 0 Å². The molecule has 0 aromatic carbocycles. The molecule has 0 spiro atoms. The van der Waals surface area contributed by atoms with Crippen LogP contribution in [0, 0.1) is 0 Å². The van der Waals surface area contributed by atoms with E-state index >= 15 is 0 Å². The fourth-order valence-corrected chi connectivity index (χ4v) is 4.00. The predicted molar refractivity (Wildman–Crippen MR) is 130 cm³/mol. The van der Waals surface area contributed by atoms with Crippen LogP contribution in [0.5, 0.6) is 0 Å². The van der Waals surface area contributed by atoms with Crippen molar-refractivity contribution in [3.63, 3.8) is 0 Å². The van der Waals surface area contributed by atoms with Crippen LogP contribution in [0.1, 0.15) is 104 Å². The van der Waals surface area contributed by atoms with Crippen molar-refractivity contribution < 1.29 is 18.9 Å². The lowest BCUT2D eigenvalue weighted by Gasteiger charge is -2.55. The molecule has 0 aliphatic carbocycles. The number of rotatable bonds is 5. The second-order valence-corrected chi connectivity index (χ2v) is 14.0. The van der Waals surface area contributed by atoms with Crippen LogP contribution in [0.2, 0.25) is 0 Å². The van der Waals surface area contributed by atoms with Crippen molar-refractivity contribution in [1.82, 2.24) is 4.90 Å². The van der Waals surface area contributed by atoms with E-state index in [4.69, 9.17) is 18.9 Å². The second kappa shape index (κ2) is 9.58. The molecule has 0 aromatic heterocycles. The summed E-state index contributed by atoms with van der Waals surface area (Å²) in [5.74, 6) is 0. The first-order valence-corrected chi connectivity index (χ1v) is 11.9. The molecule has 5 nitrogen and oxygen atoms in total. The number of ether oxygens (including phenoxy) is 4. The summed E-state index contributed by atoms with van der Waals surface area (Å²) in [7, 11) is 0. The van der Waals surface area contributed by atoms with Crippen LogP contribution in [0.15, 0.2) is 0 Å². The lowest BCUT2D eigenvalue weighted by atomic mass is 9.87. The van der Waals surface area contributed by atoms with Crippen molar-refractivity contribution >= 4 is 0 Å². The molecular weight excluding hydrogens is 390 g/mol. The van der Waals surface area contributed by atoms with Crippen molar-refractivity contribution in [1.29, 1.82) is 0 Å². The highest BCUT2D eigenvalue weighted by molar-refractivity contribution is 5.03. The van der Waals surface area contributed by atoms with Gasteiger partial charge in [0.25, 0.3) is 0 Å². The van der Waals surface area contributed by atoms with E-state index in [0.717, 1.165) is 6.54 Å². The van der Waals surface area contributed by atoms with Crippen LogP contribution in [-0.2, 0) is 18.9 Å². The van der Waals surface area contributed by atoms with Gasteiger partial charge >= 0.3 is 0 Å². The van der Waals surface area contributed by atoms with E-state index in [1.807, 2.05) is 0 Å². The minimum Gasteiger partial charge on any atom is -0.374 e. The molecule has 4 unspecified atom stereocenters. The van der Waals surface area contributed by atoms with Crippen LogP contribution >= 0.6 is 0 Å². The average Bonchev–Trinajstić information content (AvgIpc) is 2.43. The minimum atomic E-state index is -0.322. The second-order valence-electron chi connectivity index (χ2n) is 14.0. The summed E-state index contributed by atoms with van der Waals surface area (Å²) in [6.07, 6.45) is -0.510. The van der Waals surface area contributed by atoms with Gasteiger partial charge in [-0.3, -0.25) is 4.90 Å². The summed E-state index contributed by atoms with van der Waals surface area (Å²) >= 11 is 0. The molecule has 0 radical (unpaired) electrons. The standard InChI is InChI=1S/C26H53NO4/c1-22(2,3)27-16-19(29-24(7,8)9)21(31-26(13,14)15)20(30-25(10,11)12)18(27)17-28-23(4,5)6/h18-21H,16-17H2,1-15H3. The number of hydrogen-bond acceptors (Lipinski definition) is 5. The van der Waals surface area contributed by atoms with E-state index in [-0.39, 0.29) is 52.3 Å². The molecule has 4 atom stereocenters. The minimum absolute atomic E-state index is 0.0469. The van der Waals surface area contributed by atoms with Crippen LogP contribution in [-0.4, -0.2) is 70.3 Å². The molecule has 0 aromatic rings. The number of piperidine rings is 1. The summed E-state index contributed by atoms with van der Waals surface area (Å²) in [5.41, 5.74) is -1.22. The monoisotopic (exact) mass is 443 g/mol.